The van der Waals surface area contributed by atoms with Gasteiger partial charge in [0.1, 0.15) is 0 Å². The van der Waals surface area contributed by atoms with E-state index in [4.69, 9.17) is 9.47 Å². The summed E-state index contributed by atoms with van der Waals surface area (Å²) in [5, 5.41) is 15.1. The van der Waals surface area contributed by atoms with Crippen LogP contribution in [0.5, 0.6) is 17.2 Å². The number of benzene rings is 2. The van der Waals surface area contributed by atoms with E-state index in [2.05, 4.69) is 28.5 Å². The molecule has 170 valence electrons. The Hall–Kier alpha value is -3.58. The number of thiazole rings is 1. The zero-order chi connectivity index (χ0) is 23.5. The number of hydrogen-bond acceptors (Lipinski definition) is 6. The van der Waals surface area contributed by atoms with Crippen LogP contribution in [-0.4, -0.2) is 30.2 Å². The molecular formula is C26H26N2O4S. The van der Waals surface area contributed by atoms with E-state index in [0.717, 1.165) is 44.7 Å². The molecule has 0 saturated carbocycles. The van der Waals surface area contributed by atoms with Crippen LogP contribution in [-0.2, 0) is 11.3 Å². The molecule has 6 nitrogen and oxygen atoms in total. The first kappa shape index (κ1) is 22.6. The van der Waals surface area contributed by atoms with E-state index in [-0.39, 0.29) is 18.1 Å². The Morgan fingerprint density at radius 3 is 2.48 bits per heavy atom. The summed E-state index contributed by atoms with van der Waals surface area (Å²) in [4.78, 5) is 17.0. The van der Waals surface area contributed by atoms with Gasteiger partial charge in [0, 0.05) is 5.38 Å². The lowest BCUT2D eigenvalue weighted by Gasteiger charge is -2.11. The number of fused-ring (bicyclic) bond motifs is 1. The third kappa shape index (κ3) is 4.64. The van der Waals surface area contributed by atoms with E-state index in [1.165, 1.54) is 25.6 Å². The van der Waals surface area contributed by atoms with Crippen LogP contribution in [0, 0.1) is 6.92 Å². The average molecular weight is 463 g/mol. The highest BCUT2D eigenvalue weighted by atomic mass is 32.1. The molecule has 33 heavy (non-hydrogen) atoms. The molecule has 1 aromatic heterocycles. The van der Waals surface area contributed by atoms with E-state index in [9.17, 15) is 9.90 Å². The molecule has 0 radical (unpaired) electrons. The Bertz CT molecular complexity index is 1230. The number of rotatable bonds is 7. The summed E-state index contributed by atoms with van der Waals surface area (Å²) in [6, 6.07) is 9.83. The zero-order valence-corrected chi connectivity index (χ0v) is 19.9. The van der Waals surface area contributed by atoms with E-state index < -0.39 is 0 Å². The SMILES string of the molecule is COc1cc(/C=C2/C(C)=C(CC(=O)NCc3cscn3)c3cc(C)ccc32)cc(OC)c1O. The summed E-state index contributed by atoms with van der Waals surface area (Å²) >= 11 is 1.51. The second kappa shape index (κ2) is 9.50. The van der Waals surface area contributed by atoms with Crippen molar-refractivity contribution in [3.05, 3.63) is 74.7 Å². The van der Waals surface area contributed by atoms with Crippen LogP contribution in [0.15, 0.2) is 46.8 Å². The number of methoxy groups -OCH3 is 2. The van der Waals surface area contributed by atoms with Crippen LogP contribution in [0.1, 0.15) is 41.3 Å². The second-order valence-electron chi connectivity index (χ2n) is 7.92. The van der Waals surface area contributed by atoms with Crippen LogP contribution in [0.4, 0.5) is 0 Å². The number of nitrogens with zero attached hydrogens (tertiary/aromatic N) is 1. The minimum absolute atomic E-state index is 0.0330. The first-order chi connectivity index (χ1) is 15.9. The fourth-order valence-corrected chi connectivity index (χ4v) is 4.58. The summed E-state index contributed by atoms with van der Waals surface area (Å²) < 4.78 is 10.6. The van der Waals surface area contributed by atoms with Gasteiger partial charge < -0.3 is 19.9 Å². The molecule has 0 fully saturated rings. The monoisotopic (exact) mass is 462 g/mol. The summed E-state index contributed by atoms with van der Waals surface area (Å²) in [6.45, 7) is 4.51. The lowest BCUT2D eigenvalue weighted by molar-refractivity contribution is -0.120. The predicted octanol–water partition coefficient (Wildman–Crippen LogP) is 5.21. The standard InChI is InChI=1S/C26H26N2O4S/c1-15-5-6-19-20(8-17-9-23(31-3)26(30)24(10-17)32-4)16(2)21(22(19)7-15)11-25(29)27-12-18-13-33-14-28-18/h5-10,13-14,30H,11-12H2,1-4H3,(H,27,29)/b20-8-. The molecule has 0 atom stereocenters. The molecule has 0 saturated heterocycles. The van der Waals surface area contributed by atoms with Gasteiger partial charge in [-0.05, 0) is 65.5 Å². The van der Waals surface area contributed by atoms with Crippen molar-refractivity contribution in [3.8, 4) is 17.2 Å². The number of aromatic nitrogens is 1. The fourth-order valence-electron chi connectivity index (χ4n) is 4.02. The molecule has 0 unspecified atom stereocenters. The predicted molar refractivity (Wildman–Crippen MR) is 131 cm³/mol. The number of carbonyl (C=O) groups excluding carboxylic acids is 1. The number of ether oxygens (including phenoxy) is 2. The summed E-state index contributed by atoms with van der Waals surface area (Å²) in [6.07, 6.45) is 2.32. The molecule has 0 bridgehead atoms. The maximum Gasteiger partial charge on any atom is 0.224 e. The zero-order valence-electron chi connectivity index (χ0n) is 19.1. The van der Waals surface area contributed by atoms with E-state index in [0.29, 0.717) is 18.0 Å². The Morgan fingerprint density at radius 2 is 1.85 bits per heavy atom. The van der Waals surface area contributed by atoms with Gasteiger partial charge in [0.25, 0.3) is 0 Å². The molecule has 1 amide bonds. The van der Waals surface area contributed by atoms with E-state index in [1.54, 1.807) is 17.6 Å². The largest absolute Gasteiger partial charge is 0.502 e. The van der Waals surface area contributed by atoms with Crippen LogP contribution in [0.3, 0.4) is 0 Å². The Labute approximate surface area is 197 Å². The maximum absolute atomic E-state index is 12.8. The number of carbonyl (C=O) groups is 1. The first-order valence-corrected chi connectivity index (χ1v) is 11.5. The molecule has 0 aliphatic heterocycles. The molecule has 1 aliphatic rings. The quantitative estimate of drug-likeness (QED) is 0.504. The minimum Gasteiger partial charge on any atom is -0.502 e. The number of aryl methyl sites for hydroxylation is 1. The lowest BCUT2D eigenvalue weighted by atomic mass is 9.98. The normalized spacial score (nSPS) is 13.9. The van der Waals surface area contributed by atoms with Gasteiger partial charge in [0.15, 0.2) is 11.5 Å². The minimum atomic E-state index is -0.0426. The average Bonchev–Trinajstić information content (AvgIpc) is 3.41. The molecule has 1 heterocycles. The lowest BCUT2D eigenvalue weighted by Crippen LogP contribution is -2.22. The van der Waals surface area contributed by atoms with Crippen LogP contribution in [0.25, 0.3) is 17.2 Å². The number of phenolic OH excluding ortho intramolecular Hbond substituents is 1. The molecule has 0 spiro atoms. The van der Waals surface area contributed by atoms with Gasteiger partial charge in [-0.1, -0.05) is 23.8 Å². The van der Waals surface area contributed by atoms with E-state index >= 15 is 0 Å². The summed E-state index contributed by atoms with van der Waals surface area (Å²) in [7, 11) is 3.01. The van der Waals surface area contributed by atoms with Crippen molar-refractivity contribution in [2.75, 3.05) is 14.2 Å². The third-order valence-electron chi connectivity index (χ3n) is 5.75. The fraction of sp³-hybridized carbons (Fsp3) is 0.231. The highest BCUT2D eigenvalue weighted by Gasteiger charge is 2.25. The van der Waals surface area contributed by atoms with Crippen molar-refractivity contribution in [2.24, 2.45) is 0 Å². The highest BCUT2D eigenvalue weighted by molar-refractivity contribution is 7.07. The van der Waals surface area contributed by atoms with Crippen molar-refractivity contribution in [3.63, 3.8) is 0 Å². The molecule has 2 aromatic carbocycles. The topological polar surface area (TPSA) is 80.7 Å². The van der Waals surface area contributed by atoms with Crippen molar-refractivity contribution in [1.82, 2.24) is 10.3 Å². The number of allylic oxidation sites excluding steroid dienone is 2. The van der Waals surface area contributed by atoms with Crippen LogP contribution < -0.4 is 14.8 Å². The number of amides is 1. The van der Waals surface area contributed by atoms with Gasteiger partial charge in [-0.15, -0.1) is 11.3 Å². The number of aromatic hydroxyl groups is 1. The molecule has 1 aliphatic carbocycles. The molecule has 4 rings (SSSR count). The molecule has 2 N–H and O–H groups in total. The summed E-state index contributed by atoms with van der Waals surface area (Å²) in [5.74, 6) is 0.603. The molecule has 3 aromatic rings. The number of phenols is 1. The van der Waals surface area contributed by atoms with Gasteiger partial charge in [0.2, 0.25) is 11.7 Å². The molecular weight excluding hydrogens is 436 g/mol. The first-order valence-electron chi connectivity index (χ1n) is 10.5. The maximum atomic E-state index is 12.8. The smallest absolute Gasteiger partial charge is 0.224 e. The third-order valence-corrected chi connectivity index (χ3v) is 6.38. The Morgan fingerprint density at radius 1 is 1.12 bits per heavy atom. The second-order valence-corrected chi connectivity index (χ2v) is 8.64. The van der Waals surface area contributed by atoms with Gasteiger partial charge in [-0.3, -0.25) is 4.79 Å². The molecule has 7 heteroatoms. The number of hydrogen-bond donors (Lipinski definition) is 2. The Kier molecular flexibility index (Phi) is 6.51. The van der Waals surface area contributed by atoms with Gasteiger partial charge in [-0.2, -0.15) is 0 Å². The number of nitrogens with one attached hydrogen (secondary N) is 1. The van der Waals surface area contributed by atoms with Crippen molar-refractivity contribution in [2.45, 2.75) is 26.8 Å². The van der Waals surface area contributed by atoms with Crippen LogP contribution in [0.2, 0.25) is 0 Å². The Balaban J connectivity index is 1.70. The highest BCUT2D eigenvalue weighted by Crippen LogP contribution is 2.45. The van der Waals surface area contributed by atoms with Crippen molar-refractivity contribution in [1.29, 1.82) is 0 Å². The van der Waals surface area contributed by atoms with Gasteiger partial charge >= 0.3 is 0 Å². The van der Waals surface area contributed by atoms with Crippen LogP contribution >= 0.6 is 11.3 Å². The van der Waals surface area contributed by atoms with Crippen molar-refractivity contribution >= 4 is 34.5 Å². The van der Waals surface area contributed by atoms with Crippen molar-refractivity contribution < 1.29 is 19.4 Å². The van der Waals surface area contributed by atoms with Gasteiger partial charge in [0.05, 0.1) is 38.4 Å². The van der Waals surface area contributed by atoms with Gasteiger partial charge in [-0.25, -0.2) is 4.98 Å². The van der Waals surface area contributed by atoms with E-state index in [1.807, 2.05) is 25.3 Å². The summed E-state index contributed by atoms with van der Waals surface area (Å²) in [5.41, 5.74) is 9.81.